The van der Waals surface area contributed by atoms with Gasteiger partial charge in [0.15, 0.2) is 5.96 Å². The molecule has 2 N–H and O–H groups in total. The van der Waals surface area contributed by atoms with E-state index in [-0.39, 0.29) is 5.82 Å². The molecule has 1 unspecified atom stereocenters. The summed E-state index contributed by atoms with van der Waals surface area (Å²) in [6.45, 7) is 4.16. The van der Waals surface area contributed by atoms with Gasteiger partial charge in [-0.2, -0.15) is 0 Å². The molecule has 0 aromatic heterocycles. The van der Waals surface area contributed by atoms with Crippen LogP contribution in [-0.2, 0) is 4.74 Å². The SMILES string of the molecule is CN=C(NCCOCC1CC1)NC1CCCN(c2cccc(F)c2)C1. The summed E-state index contributed by atoms with van der Waals surface area (Å²) in [4.78, 5) is 6.53. The van der Waals surface area contributed by atoms with E-state index in [1.54, 1.807) is 19.2 Å². The van der Waals surface area contributed by atoms with Gasteiger partial charge in [-0.15, -0.1) is 0 Å². The Labute approximate surface area is 149 Å². The van der Waals surface area contributed by atoms with E-state index in [2.05, 4.69) is 20.5 Å². The molecule has 1 aliphatic heterocycles. The van der Waals surface area contributed by atoms with Crippen molar-refractivity contribution in [2.75, 3.05) is 44.8 Å². The minimum atomic E-state index is -0.184. The maximum absolute atomic E-state index is 13.5. The van der Waals surface area contributed by atoms with E-state index >= 15 is 0 Å². The zero-order valence-electron chi connectivity index (χ0n) is 15.0. The number of rotatable bonds is 7. The number of nitrogens with zero attached hydrogens (tertiary/aromatic N) is 2. The molecule has 1 aromatic carbocycles. The molecule has 1 aliphatic carbocycles. The molecule has 6 heteroatoms. The number of ether oxygens (including phenoxy) is 1. The van der Waals surface area contributed by atoms with Gasteiger partial charge < -0.3 is 20.3 Å². The Morgan fingerprint density at radius 3 is 3.00 bits per heavy atom. The van der Waals surface area contributed by atoms with Crippen molar-refractivity contribution in [3.8, 4) is 0 Å². The molecule has 0 amide bonds. The molecule has 0 radical (unpaired) electrons. The Balaban J connectivity index is 1.42. The molecule has 25 heavy (non-hydrogen) atoms. The van der Waals surface area contributed by atoms with Gasteiger partial charge in [-0.25, -0.2) is 4.39 Å². The molecule has 5 nitrogen and oxygen atoms in total. The maximum atomic E-state index is 13.5. The van der Waals surface area contributed by atoms with Crippen LogP contribution in [0, 0.1) is 11.7 Å². The molecule has 1 saturated carbocycles. The summed E-state index contributed by atoms with van der Waals surface area (Å²) in [6.07, 6.45) is 4.81. The third-order valence-electron chi connectivity index (χ3n) is 4.75. The lowest BCUT2D eigenvalue weighted by Crippen LogP contribution is -2.51. The van der Waals surface area contributed by atoms with E-state index in [0.717, 1.165) is 56.6 Å². The summed E-state index contributed by atoms with van der Waals surface area (Å²) in [6, 6.07) is 7.13. The third-order valence-corrected chi connectivity index (χ3v) is 4.75. The average molecular weight is 348 g/mol. The second-order valence-electron chi connectivity index (χ2n) is 6.93. The maximum Gasteiger partial charge on any atom is 0.191 e. The average Bonchev–Trinajstić information content (AvgIpc) is 3.45. The van der Waals surface area contributed by atoms with Crippen LogP contribution in [0.5, 0.6) is 0 Å². The van der Waals surface area contributed by atoms with Crippen LogP contribution < -0.4 is 15.5 Å². The zero-order chi connectivity index (χ0) is 17.5. The number of piperidine rings is 1. The Kier molecular flexibility index (Phi) is 6.50. The van der Waals surface area contributed by atoms with E-state index in [1.165, 1.54) is 18.9 Å². The Morgan fingerprint density at radius 1 is 1.36 bits per heavy atom. The molecular formula is C19H29FN4O. The molecule has 1 heterocycles. The van der Waals surface area contributed by atoms with Crippen LogP contribution in [0.3, 0.4) is 0 Å². The fraction of sp³-hybridized carbons (Fsp3) is 0.632. The molecule has 1 saturated heterocycles. The van der Waals surface area contributed by atoms with Crippen molar-refractivity contribution in [3.05, 3.63) is 30.1 Å². The number of benzene rings is 1. The van der Waals surface area contributed by atoms with Crippen LogP contribution in [0.25, 0.3) is 0 Å². The van der Waals surface area contributed by atoms with Crippen molar-refractivity contribution >= 4 is 11.6 Å². The third kappa shape index (κ3) is 5.88. The topological polar surface area (TPSA) is 48.9 Å². The van der Waals surface area contributed by atoms with Crippen molar-refractivity contribution in [3.63, 3.8) is 0 Å². The first-order valence-electron chi connectivity index (χ1n) is 9.30. The fourth-order valence-electron chi connectivity index (χ4n) is 3.17. The van der Waals surface area contributed by atoms with E-state index in [1.807, 2.05) is 6.07 Å². The van der Waals surface area contributed by atoms with Crippen LogP contribution in [-0.4, -0.2) is 51.9 Å². The molecular weight excluding hydrogens is 319 g/mol. The number of aliphatic imine (C=N–C) groups is 1. The van der Waals surface area contributed by atoms with Crippen molar-refractivity contribution in [1.29, 1.82) is 0 Å². The Bertz CT molecular complexity index is 576. The summed E-state index contributed by atoms with van der Waals surface area (Å²) in [5, 5.41) is 6.79. The summed E-state index contributed by atoms with van der Waals surface area (Å²) in [7, 11) is 1.79. The van der Waals surface area contributed by atoms with E-state index in [9.17, 15) is 4.39 Å². The van der Waals surface area contributed by atoms with Crippen molar-refractivity contribution in [2.24, 2.45) is 10.9 Å². The fourth-order valence-corrected chi connectivity index (χ4v) is 3.17. The number of nitrogens with one attached hydrogen (secondary N) is 2. The molecule has 2 aliphatic rings. The first kappa shape index (κ1) is 18.0. The van der Waals surface area contributed by atoms with Gasteiger partial charge in [0.25, 0.3) is 0 Å². The lowest BCUT2D eigenvalue weighted by atomic mass is 10.0. The molecule has 0 bridgehead atoms. The van der Waals surface area contributed by atoms with Crippen LogP contribution >= 0.6 is 0 Å². The second-order valence-corrected chi connectivity index (χ2v) is 6.93. The summed E-state index contributed by atoms with van der Waals surface area (Å²) < 4.78 is 19.1. The number of hydrogen-bond acceptors (Lipinski definition) is 3. The van der Waals surface area contributed by atoms with Gasteiger partial charge in [-0.3, -0.25) is 4.99 Å². The molecule has 3 rings (SSSR count). The minimum absolute atomic E-state index is 0.184. The van der Waals surface area contributed by atoms with Gasteiger partial charge in [0.05, 0.1) is 6.61 Å². The normalized spacial score (nSPS) is 21.3. The van der Waals surface area contributed by atoms with E-state index in [0.29, 0.717) is 12.6 Å². The van der Waals surface area contributed by atoms with Crippen molar-refractivity contribution < 1.29 is 9.13 Å². The highest BCUT2D eigenvalue weighted by atomic mass is 19.1. The first-order valence-corrected chi connectivity index (χ1v) is 9.30. The van der Waals surface area contributed by atoms with E-state index in [4.69, 9.17) is 4.74 Å². The Morgan fingerprint density at radius 2 is 2.24 bits per heavy atom. The quantitative estimate of drug-likeness (QED) is 0.451. The van der Waals surface area contributed by atoms with Crippen LogP contribution in [0.2, 0.25) is 0 Å². The number of halogens is 1. The highest BCUT2D eigenvalue weighted by molar-refractivity contribution is 5.80. The largest absolute Gasteiger partial charge is 0.379 e. The highest BCUT2D eigenvalue weighted by Gasteiger charge is 2.22. The summed E-state index contributed by atoms with van der Waals surface area (Å²) in [5.74, 6) is 1.42. The van der Waals surface area contributed by atoms with Gasteiger partial charge in [0, 0.05) is 45.0 Å². The Hall–Kier alpha value is -1.82. The van der Waals surface area contributed by atoms with Crippen LogP contribution in [0.1, 0.15) is 25.7 Å². The molecule has 1 atom stereocenters. The molecule has 2 fully saturated rings. The van der Waals surface area contributed by atoms with Gasteiger partial charge in [-0.1, -0.05) is 6.07 Å². The van der Waals surface area contributed by atoms with Gasteiger partial charge in [-0.05, 0) is 49.8 Å². The minimum Gasteiger partial charge on any atom is -0.379 e. The predicted octanol–water partition coefficient (Wildman–Crippen LogP) is 2.39. The van der Waals surface area contributed by atoms with Crippen LogP contribution in [0.4, 0.5) is 10.1 Å². The lowest BCUT2D eigenvalue weighted by Gasteiger charge is -2.35. The smallest absolute Gasteiger partial charge is 0.191 e. The monoisotopic (exact) mass is 348 g/mol. The molecule has 138 valence electrons. The number of anilines is 1. The van der Waals surface area contributed by atoms with E-state index < -0.39 is 0 Å². The van der Waals surface area contributed by atoms with Crippen molar-refractivity contribution in [1.82, 2.24) is 10.6 Å². The lowest BCUT2D eigenvalue weighted by molar-refractivity contribution is 0.129. The zero-order valence-corrected chi connectivity index (χ0v) is 15.0. The second kappa shape index (κ2) is 9.04. The van der Waals surface area contributed by atoms with Gasteiger partial charge in [0.1, 0.15) is 5.82 Å². The standard InChI is InChI=1S/C19H29FN4O/c1-21-19(22-9-11-25-14-15-7-8-15)23-17-5-3-10-24(13-17)18-6-2-4-16(20)12-18/h2,4,6,12,15,17H,3,5,7-11,13-14H2,1H3,(H2,21,22,23). The molecule has 1 aromatic rings. The molecule has 0 spiro atoms. The highest BCUT2D eigenvalue weighted by Crippen LogP contribution is 2.28. The summed E-state index contributed by atoms with van der Waals surface area (Å²) >= 11 is 0. The summed E-state index contributed by atoms with van der Waals surface area (Å²) in [5.41, 5.74) is 0.947. The van der Waals surface area contributed by atoms with Gasteiger partial charge in [0.2, 0.25) is 0 Å². The van der Waals surface area contributed by atoms with Crippen molar-refractivity contribution in [2.45, 2.75) is 31.7 Å². The van der Waals surface area contributed by atoms with Crippen LogP contribution in [0.15, 0.2) is 29.3 Å². The number of guanidine groups is 1. The predicted molar refractivity (Wildman–Crippen MR) is 99.7 cm³/mol. The first-order chi connectivity index (χ1) is 12.2. The number of hydrogen-bond donors (Lipinski definition) is 2. The van der Waals surface area contributed by atoms with Gasteiger partial charge >= 0.3 is 0 Å².